The van der Waals surface area contributed by atoms with Crippen molar-refractivity contribution in [1.29, 1.82) is 0 Å². The van der Waals surface area contributed by atoms with Gasteiger partial charge in [0, 0.05) is 348 Å². The van der Waals surface area contributed by atoms with Gasteiger partial charge >= 0.3 is 6.03 Å². The van der Waals surface area contributed by atoms with Gasteiger partial charge in [0.2, 0.25) is 0 Å². The number of carbonyl (C=O) groups is 3. The molecule has 428 valence electrons. The van der Waals surface area contributed by atoms with E-state index in [2.05, 4.69) is 10.6 Å². The van der Waals surface area contributed by atoms with E-state index in [0.29, 0.717) is 25.9 Å². The lowest BCUT2D eigenvalue weighted by Crippen LogP contribution is -2.93. The second-order valence-electron chi connectivity index (χ2n) is 24.9. The highest BCUT2D eigenvalue weighted by Crippen LogP contribution is 2.36. The number of nitrogens with one attached hydrogen (secondary N) is 2. The molecule has 46 radical (unpaired) electrons. The standard InChI is InChI=1S/C22H19N3O7S.C7H7IO3S.C7H8O3S.B44/c1-31-14-4-3-12-10-25(19(26)16(12)9-14)11-22(20(27)23-21(28)24-22)18-8-13-7-15(33(2,29)30)5-6-17(13)32-18;1-12(10,11)5-2-3-7(9)6(8)4-5;1-11(9,10)7-4-2-6(8)3-5-7;1-24(2)35(23)41(36(25(3)4)26(5)6)44(42(37(27(7)8)28(9)10)38(29(11)12)30(13)14)43(39(31(15)16)32(17)18)40(33(19)20)34(21)22/h3-9H,10-11H2,1-2H3,(H2,23,24,27,28);2-4,9H,1H3;2-5,8H,1H3;/t22-;;;/m0.../s1. The molecule has 4 aromatic carbocycles. The first-order valence-corrected chi connectivity index (χ1v) is 37.1. The summed E-state index contributed by atoms with van der Waals surface area (Å²) in [6.07, 6.45) is -22.0. The van der Waals surface area contributed by atoms with E-state index in [1.165, 1.54) is 78.7 Å². The predicted molar refractivity (Wildman–Crippen MR) is 464 cm³/mol. The summed E-state index contributed by atoms with van der Waals surface area (Å²) in [6.45, 7) is 0.0562. The van der Waals surface area contributed by atoms with Crippen LogP contribution < -0.4 is 15.4 Å². The fraction of sp³-hybridized carbons (Fsp3) is 0.194. The maximum absolute atomic E-state index is 13.1. The minimum Gasteiger partial charge on any atom is -0.508 e. The van der Waals surface area contributed by atoms with Crippen LogP contribution in [-0.2, 0) is 46.4 Å². The lowest BCUT2D eigenvalue weighted by Gasteiger charge is -2.55. The van der Waals surface area contributed by atoms with Gasteiger partial charge in [-0.2, -0.15) is 0 Å². The zero-order valence-corrected chi connectivity index (χ0v) is 59.9. The quantitative estimate of drug-likeness (QED) is 0.0217. The average molecular weight is 1420 g/mol. The number of furan rings is 1. The van der Waals surface area contributed by atoms with Crippen LogP contribution in [0.5, 0.6) is 17.2 Å². The van der Waals surface area contributed by atoms with Crippen molar-refractivity contribution in [2.45, 2.75) is 26.8 Å². The molecule has 4 amide bonds. The van der Waals surface area contributed by atoms with Crippen LogP contribution in [0.25, 0.3) is 11.0 Å². The summed E-state index contributed by atoms with van der Waals surface area (Å²) in [5.41, 5.74) is -0.116. The normalized spacial score (nSPS) is 13.5. The maximum Gasteiger partial charge on any atom is 0.322 e. The van der Waals surface area contributed by atoms with Gasteiger partial charge in [0.1, 0.15) is 28.6 Å². The number of aromatic hydroxyl groups is 2. The monoisotopic (exact) mass is 1420 g/mol. The Morgan fingerprint density at radius 1 is 0.500 bits per heavy atom. The van der Waals surface area contributed by atoms with Gasteiger partial charge in [0.25, 0.3) is 11.8 Å². The second kappa shape index (κ2) is 38.0. The number of imide groups is 1. The van der Waals surface area contributed by atoms with E-state index in [9.17, 15) is 39.6 Å². The zero-order chi connectivity index (χ0) is 76.5. The molecule has 2 aliphatic rings. The summed E-state index contributed by atoms with van der Waals surface area (Å²) in [7, 11) is 137. The molecule has 5 aromatic rings. The number of carbonyl (C=O) groups excluding carboxylic acids is 3. The Kier molecular flexibility index (Phi) is 34.2. The van der Waals surface area contributed by atoms with Crippen LogP contribution in [0.2, 0.25) is 0 Å². The van der Waals surface area contributed by atoms with E-state index >= 15 is 0 Å². The molecule has 0 spiro atoms. The molecule has 100 heavy (non-hydrogen) atoms. The van der Waals surface area contributed by atoms with Crippen molar-refractivity contribution in [3.63, 3.8) is 0 Å². The van der Waals surface area contributed by atoms with Crippen LogP contribution in [0, 0.1) is 3.57 Å². The number of hydrogen-bond donors (Lipinski definition) is 4. The summed E-state index contributed by atoms with van der Waals surface area (Å²) in [6, 6.07) is 19.9. The van der Waals surface area contributed by atoms with Crippen LogP contribution in [-0.4, -0.2) is 403 Å². The maximum atomic E-state index is 13.1. The van der Waals surface area contributed by atoms with E-state index < -0.39 is 181 Å². The third-order valence-electron chi connectivity index (χ3n) is 17.4. The summed E-state index contributed by atoms with van der Waals surface area (Å²) in [4.78, 5) is 40.1. The number of phenols is 2. The van der Waals surface area contributed by atoms with Crippen LogP contribution in [0.1, 0.15) is 21.7 Å². The molecule has 1 saturated heterocycles. The lowest BCUT2D eigenvalue weighted by atomic mass is 8.26. The molecule has 2 aliphatic heterocycles. The number of benzene rings is 4. The van der Waals surface area contributed by atoms with Gasteiger partial charge in [-0.15, -0.1) is 0 Å². The number of fused-ring (bicyclic) bond motifs is 2. The van der Waals surface area contributed by atoms with Crippen molar-refractivity contribution in [3.8, 4) is 17.2 Å². The Balaban J connectivity index is 0.000000325. The SMILES string of the molecule is COc1ccc2c(c1)C(=O)N(C[C@@]1(c3cc4cc(S(C)(=O)=O)ccc4o3)NC(=O)NC1=O)C2.CS(=O)(=O)c1ccc(O)c(I)c1.CS(=O)(=O)c1ccc(O)cc1.[B]B([B])B([B])B(B(B([B])[B])B([B])[B])B(B(B(B([B])[B])B([B])[B])B(B([B])[B])B([B])[B])B(B(B([B])[B])B([B])[B])B(B([B])[B])B([B])[B]. The third kappa shape index (κ3) is 23.1. The van der Waals surface area contributed by atoms with E-state index in [-0.39, 0.29) is 50.9 Å². The van der Waals surface area contributed by atoms with Crippen molar-refractivity contribution in [3.05, 3.63) is 105 Å². The molecule has 0 bridgehead atoms. The minimum absolute atomic E-state index is 0.0670. The third-order valence-corrected chi connectivity index (χ3v) is 21.6. The summed E-state index contributed by atoms with van der Waals surface area (Å²) in [5.74, 6) is -0.193. The van der Waals surface area contributed by atoms with Crippen LogP contribution in [0.4, 0.5) is 4.79 Å². The van der Waals surface area contributed by atoms with Gasteiger partial charge < -0.3 is 29.6 Å². The molecular formula is C36H34B44IN3O13S3. The topological polar surface area (TPSA) is 244 Å². The van der Waals surface area contributed by atoms with Crippen LogP contribution in [0.15, 0.2) is 104 Å². The zero-order valence-electron chi connectivity index (χ0n) is 55.3. The first-order valence-electron chi connectivity index (χ1n) is 30.4. The number of halogens is 1. The number of phenolic OH excluding ortho intramolecular Hbond substituents is 2. The van der Waals surface area contributed by atoms with Gasteiger partial charge in [-0.1, -0.05) is 6.07 Å². The number of nitrogens with zero attached hydrogens (tertiary/aromatic N) is 1. The molecule has 0 saturated carbocycles. The second-order valence-corrected chi connectivity index (χ2v) is 32.1. The van der Waals surface area contributed by atoms with E-state index in [1.54, 1.807) is 18.2 Å². The Morgan fingerprint density at radius 3 is 1.26 bits per heavy atom. The van der Waals surface area contributed by atoms with Crippen LogP contribution in [0.3, 0.4) is 0 Å². The van der Waals surface area contributed by atoms with Gasteiger partial charge in [-0.25, -0.2) is 30.0 Å². The highest BCUT2D eigenvalue weighted by atomic mass is 127. The minimum atomic E-state index is -3.45. The Bertz CT molecular complexity index is 3830. The molecule has 4 N–H and O–H groups in total. The highest BCUT2D eigenvalue weighted by molar-refractivity contribution is 14.1. The largest absolute Gasteiger partial charge is 0.508 e. The van der Waals surface area contributed by atoms with Crippen LogP contribution >= 0.6 is 22.6 Å². The molecule has 1 aromatic heterocycles. The van der Waals surface area contributed by atoms with Crippen molar-refractivity contribution in [2.24, 2.45) is 0 Å². The van der Waals surface area contributed by atoms with Crippen molar-refractivity contribution in [2.75, 3.05) is 32.4 Å². The number of methoxy groups -OCH3 is 1. The Morgan fingerprint density at radius 2 is 0.890 bits per heavy atom. The number of rotatable bonds is 27. The molecule has 3 heterocycles. The number of urea groups is 1. The summed E-state index contributed by atoms with van der Waals surface area (Å²) in [5, 5.41) is 23.2. The molecule has 64 heteroatoms. The molecule has 1 atom stereocenters. The summed E-state index contributed by atoms with van der Waals surface area (Å²) >= 11 is 1.88. The Labute approximate surface area is 643 Å². The highest BCUT2D eigenvalue weighted by Gasteiger charge is 2.59. The first kappa shape index (κ1) is 90.1. The van der Waals surface area contributed by atoms with Crippen molar-refractivity contribution < 1.29 is 59.0 Å². The molecule has 7 rings (SSSR count). The molecule has 0 unspecified atom stereocenters. The fourth-order valence-corrected chi connectivity index (χ4v) is 15.5. The smallest absolute Gasteiger partial charge is 0.322 e. The molecule has 0 aliphatic carbocycles. The molecular weight excluding hydrogens is 1380 g/mol. The van der Waals surface area contributed by atoms with E-state index in [4.69, 9.17) is 197 Å². The predicted octanol–water partition coefficient (Wildman–Crippen LogP) is -13.0. The number of amides is 4. The number of sulfone groups is 3. The van der Waals surface area contributed by atoms with E-state index in [0.717, 1.165) is 24.3 Å². The van der Waals surface area contributed by atoms with Gasteiger partial charge in [0.15, 0.2) is 35.1 Å². The first-order chi connectivity index (χ1) is 46.0. The van der Waals surface area contributed by atoms with Gasteiger partial charge in [-0.05, 0) is 107 Å². The Hall–Kier alpha value is -2.33. The average Bonchev–Trinajstić information content (AvgIpc) is 1.18. The van der Waals surface area contributed by atoms with Crippen molar-refractivity contribution >= 4 is 393 Å². The van der Waals surface area contributed by atoms with Gasteiger partial charge in [0.05, 0.1) is 31.9 Å². The summed E-state index contributed by atoms with van der Waals surface area (Å²) < 4.78 is 79.2. The van der Waals surface area contributed by atoms with Crippen molar-refractivity contribution in [1.82, 2.24) is 15.5 Å². The number of hydrogen-bond acceptors (Lipinski definition) is 13. The number of ether oxygens (including phenoxy) is 1. The fourth-order valence-electron chi connectivity index (χ4n) is 12.8. The van der Waals surface area contributed by atoms with Gasteiger partial charge in [-0.3, -0.25) is 14.9 Å². The molecule has 16 nitrogen and oxygen atoms in total. The molecule has 1 fully saturated rings. The lowest BCUT2D eigenvalue weighted by molar-refractivity contribution is -0.125. The van der Waals surface area contributed by atoms with E-state index in [1.807, 2.05) is 22.6 Å².